The van der Waals surface area contributed by atoms with Crippen LogP contribution >= 0.6 is 11.3 Å². The van der Waals surface area contributed by atoms with Crippen molar-refractivity contribution >= 4 is 27.8 Å². The third-order valence-corrected chi connectivity index (χ3v) is 4.95. The van der Waals surface area contributed by atoms with E-state index in [1.165, 1.54) is 24.2 Å². The summed E-state index contributed by atoms with van der Waals surface area (Å²) in [6.45, 7) is 3.45. The smallest absolute Gasteiger partial charge is 0.174 e. The van der Waals surface area contributed by atoms with Gasteiger partial charge in [0.05, 0.1) is 22.1 Å². The molecule has 0 aromatic carbocycles. The highest BCUT2D eigenvalue weighted by Gasteiger charge is 2.32. The number of nitrogens with zero attached hydrogens (tertiary/aromatic N) is 2. The molecule has 2 aromatic heterocycles. The highest BCUT2D eigenvalue weighted by atomic mass is 32.1. The van der Waals surface area contributed by atoms with Crippen molar-refractivity contribution in [3.63, 3.8) is 0 Å². The predicted molar refractivity (Wildman–Crippen MR) is 86.0 cm³/mol. The average Bonchev–Trinajstić information content (AvgIpc) is 3.07. The summed E-state index contributed by atoms with van der Waals surface area (Å²) < 4.78 is 1.89. The molecule has 0 radical (unpaired) electrons. The number of aromatic nitrogens is 2. The van der Waals surface area contributed by atoms with Crippen LogP contribution in [0.15, 0.2) is 18.5 Å². The Kier molecular flexibility index (Phi) is 3.96. The number of nitrogen functional groups attached to an aromatic ring is 1. The van der Waals surface area contributed by atoms with Gasteiger partial charge in [-0.2, -0.15) is 5.10 Å². The van der Waals surface area contributed by atoms with Gasteiger partial charge in [-0.05, 0) is 24.8 Å². The standard InChI is InChI=1S/C15H20N4OS/c1-2-11(20)14-13(16)12(10-4-5-10)15(21-14)17-7-9-19-8-3-6-18-19/h3,6,8,10,17H,2,4-5,7,9,16H2,1H3. The summed E-state index contributed by atoms with van der Waals surface area (Å²) in [5.41, 5.74) is 8.09. The molecule has 0 saturated heterocycles. The van der Waals surface area contributed by atoms with Crippen molar-refractivity contribution in [2.45, 2.75) is 38.6 Å². The van der Waals surface area contributed by atoms with Crippen LogP contribution in [-0.4, -0.2) is 22.1 Å². The van der Waals surface area contributed by atoms with E-state index >= 15 is 0 Å². The number of carbonyl (C=O) groups excluding carboxylic acids is 1. The Morgan fingerprint density at radius 3 is 3.00 bits per heavy atom. The Balaban J connectivity index is 1.75. The van der Waals surface area contributed by atoms with Gasteiger partial charge < -0.3 is 11.1 Å². The average molecular weight is 304 g/mol. The van der Waals surface area contributed by atoms with E-state index in [0.717, 1.165) is 28.5 Å². The first-order chi connectivity index (χ1) is 10.2. The first kappa shape index (κ1) is 14.1. The molecule has 3 rings (SSSR count). The summed E-state index contributed by atoms with van der Waals surface area (Å²) >= 11 is 1.51. The van der Waals surface area contributed by atoms with Crippen LogP contribution in [0.3, 0.4) is 0 Å². The fraction of sp³-hybridized carbons (Fsp3) is 0.467. The molecule has 0 bridgehead atoms. The van der Waals surface area contributed by atoms with E-state index < -0.39 is 0 Å². The molecule has 1 aliphatic rings. The van der Waals surface area contributed by atoms with Crippen LogP contribution in [0.4, 0.5) is 10.7 Å². The van der Waals surface area contributed by atoms with Crippen LogP contribution in [0.5, 0.6) is 0 Å². The molecule has 2 heterocycles. The van der Waals surface area contributed by atoms with Crippen LogP contribution in [0, 0.1) is 0 Å². The van der Waals surface area contributed by atoms with Crippen LogP contribution in [0.25, 0.3) is 0 Å². The van der Waals surface area contributed by atoms with Crippen molar-refractivity contribution in [1.29, 1.82) is 0 Å². The summed E-state index contributed by atoms with van der Waals surface area (Å²) in [4.78, 5) is 12.7. The van der Waals surface area contributed by atoms with Gasteiger partial charge in [-0.25, -0.2) is 0 Å². The van der Waals surface area contributed by atoms with Gasteiger partial charge >= 0.3 is 0 Å². The van der Waals surface area contributed by atoms with Gasteiger partial charge in [0, 0.05) is 30.9 Å². The minimum atomic E-state index is 0.138. The van der Waals surface area contributed by atoms with Gasteiger partial charge in [0.1, 0.15) is 0 Å². The van der Waals surface area contributed by atoms with E-state index in [1.807, 2.05) is 23.9 Å². The van der Waals surface area contributed by atoms with Crippen molar-refractivity contribution in [2.24, 2.45) is 0 Å². The number of rotatable bonds is 7. The molecule has 112 valence electrons. The van der Waals surface area contributed by atoms with Gasteiger partial charge in [-0.1, -0.05) is 6.92 Å². The topological polar surface area (TPSA) is 72.9 Å². The quantitative estimate of drug-likeness (QED) is 0.771. The first-order valence-corrected chi connectivity index (χ1v) is 8.19. The zero-order valence-corrected chi connectivity index (χ0v) is 12.9. The molecule has 1 saturated carbocycles. The first-order valence-electron chi connectivity index (χ1n) is 7.37. The molecule has 1 fully saturated rings. The third kappa shape index (κ3) is 2.95. The number of anilines is 2. The van der Waals surface area contributed by atoms with Gasteiger partial charge in [0.15, 0.2) is 5.78 Å². The van der Waals surface area contributed by atoms with Crippen molar-refractivity contribution in [2.75, 3.05) is 17.6 Å². The second kappa shape index (κ2) is 5.89. The van der Waals surface area contributed by atoms with E-state index in [4.69, 9.17) is 5.73 Å². The number of hydrogen-bond acceptors (Lipinski definition) is 5. The molecule has 5 nitrogen and oxygen atoms in total. The fourth-order valence-corrected chi connectivity index (χ4v) is 3.69. The van der Waals surface area contributed by atoms with Gasteiger partial charge in [0.25, 0.3) is 0 Å². The van der Waals surface area contributed by atoms with Gasteiger partial charge in [-0.3, -0.25) is 9.48 Å². The number of thiophene rings is 1. The maximum atomic E-state index is 12.0. The fourth-order valence-electron chi connectivity index (χ4n) is 2.45. The zero-order valence-electron chi connectivity index (χ0n) is 12.1. The lowest BCUT2D eigenvalue weighted by Crippen LogP contribution is -2.10. The molecule has 2 aromatic rings. The minimum absolute atomic E-state index is 0.138. The van der Waals surface area contributed by atoms with Crippen molar-refractivity contribution in [3.05, 3.63) is 28.9 Å². The van der Waals surface area contributed by atoms with Crippen molar-refractivity contribution in [1.82, 2.24) is 9.78 Å². The maximum Gasteiger partial charge on any atom is 0.174 e. The molecule has 0 atom stereocenters. The second-order valence-electron chi connectivity index (χ2n) is 5.33. The molecular weight excluding hydrogens is 284 g/mol. The number of hydrogen-bond donors (Lipinski definition) is 2. The van der Waals surface area contributed by atoms with Crippen molar-refractivity contribution < 1.29 is 4.79 Å². The van der Waals surface area contributed by atoms with Gasteiger partial charge in [0.2, 0.25) is 0 Å². The molecule has 6 heteroatoms. The summed E-state index contributed by atoms with van der Waals surface area (Å²) in [6.07, 6.45) is 6.57. The number of nitrogens with two attached hydrogens (primary N) is 1. The molecule has 21 heavy (non-hydrogen) atoms. The Labute approximate surface area is 128 Å². The number of ketones is 1. The second-order valence-corrected chi connectivity index (χ2v) is 6.36. The van der Waals surface area contributed by atoms with Crippen LogP contribution in [-0.2, 0) is 6.54 Å². The summed E-state index contributed by atoms with van der Waals surface area (Å²) in [6, 6.07) is 1.91. The number of nitrogens with one attached hydrogen (secondary N) is 1. The normalized spacial score (nSPS) is 14.3. The lowest BCUT2D eigenvalue weighted by Gasteiger charge is -2.07. The highest BCUT2D eigenvalue weighted by molar-refractivity contribution is 7.18. The number of carbonyl (C=O) groups is 1. The van der Waals surface area contributed by atoms with Crippen LogP contribution < -0.4 is 11.1 Å². The summed E-state index contributed by atoms with van der Waals surface area (Å²) in [7, 11) is 0. The maximum absolute atomic E-state index is 12.0. The minimum Gasteiger partial charge on any atom is -0.397 e. The molecule has 0 aliphatic heterocycles. The molecule has 0 unspecified atom stereocenters. The Morgan fingerprint density at radius 1 is 1.57 bits per heavy atom. The van der Waals surface area contributed by atoms with E-state index in [2.05, 4.69) is 10.4 Å². The largest absolute Gasteiger partial charge is 0.397 e. The third-order valence-electron chi connectivity index (χ3n) is 3.73. The molecule has 0 amide bonds. The zero-order chi connectivity index (χ0) is 14.8. The van der Waals surface area contributed by atoms with Crippen LogP contribution in [0.2, 0.25) is 0 Å². The lowest BCUT2D eigenvalue weighted by molar-refractivity contribution is 0.0993. The van der Waals surface area contributed by atoms with E-state index in [1.54, 1.807) is 6.20 Å². The van der Waals surface area contributed by atoms with Gasteiger partial charge in [-0.15, -0.1) is 11.3 Å². The predicted octanol–water partition coefficient (Wildman–Crippen LogP) is 3.11. The lowest BCUT2D eigenvalue weighted by atomic mass is 10.1. The molecular formula is C15H20N4OS. The molecule has 3 N–H and O–H groups in total. The number of Topliss-reactive ketones (excluding diaryl/α,β-unsaturated/α-hetero) is 1. The van der Waals surface area contributed by atoms with Crippen LogP contribution in [0.1, 0.15) is 47.3 Å². The Morgan fingerprint density at radius 2 is 2.38 bits per heavy atom. The highest BCUT2D eigenvalue weighted by Crippen LogP contribution is 2.50. The summed E-state index contributed by atoms with van der Waals surface area (Å²) in [5.74, 6) is 0.673. The van der Waals surface area contributed by atoms with Crippen molar-refractivity contribution in [3.8, 4) is 0 Å². The molecule has 1 aliphatic carbocycles. The monoisotopic (exact) mass is 304 g/mol. The Bertz CT molecular complexity index is 628. The summed E-state index contributed by atoms with van der Waals surface area (Å²) in [5, 5.41) is 8.69. The van der Waals surface area contributed by atoms with E-state index in [-0.39, 0.29) is 5.78 Å². The molecule has 0 spiro atoms. The van der Waals surface area contributed by atoms with E-state index in [0.29, 0.717) is 18.0 Å². The van der Waals surface area contributed by atoms with E-state index in [9.17, 15) is 4.79 Å². The SMILES string of the molecule is CCC(=O)c1sc(NCCn2cccn2)c(C2CC2)c1N. The Hall–Kier alpha value is -1.82.